The third kappa shape index (κ3) is 0.484. The van der Waals surface area contributed by atoms with Crippen molar-refractivity contribution in [1.82, 2.24) is 5.43 Å². The third-order valence-electron chi connectivity index (χ3n) is 0.374. The Kier molecular flexibility index (Phi) is 0.774. The molecule has 0 atom stereocenters. The van der Waals surface area contributed by atoms with E-state index in [-0.39, 0.29) is 0 Å². The standard InChI is InChI=1S/C3H3N2O/c1-2-6-3-5-4-1/h1-2,4H. The van der Waals surface area contributed by atoms with E-state index in [9.17, 15) is 0 Å². The summed E-state index contributed by atoms with van der Waals surface area (Å²) < 4.78 is 4.41. The number of rotatable bonds is 0. The highest BCUT2D eigenvalue weighted by Gasteiger charge is 1.75. The van der Waals surface area contributed by atoms with Gasteiger partial charge in [-0.05, 0) is 0 Å². The molecule has 0 aromatic rings. The van der Waals surface area contributed by atoms with Gasteiger partial charge < -0.3 is 4.74 Å². The predicted molar refractivity (Wildman–Crippen MR) is 20.8 cm³/mol. The van der Waals surface area contributed by atoms with Gasteiger partial charge in [-0.3, -0.25) is 5.43 Å². The van der Waals surface area contributed by atoms with E-state index in [1.807, 2.05) is 0 Å². The van der Waals surface area contributed by atoms with Crippen molar-refractivity contribution in [2.45, 2.75) is 0 Å². The first kappa shape index (κ1) is 3.21. The second-order valence-electron chi connectivity index (χ2n) is 0.753. The molecule has 1 rings (SSSR count). The maximum atomic E-state index is 4.41. The van der Waals surface area contributed by atoms with Crippen LogP contribution in [0.5, 0.6) is 0 Å². The molecule has 1 aliphatic heterocycles. The zero-order chi connectivity index (χ0) is 4.24. The van der Waals surface area contributed by atoms with E-state index in [0.717, 1.165) is 0 Å². The van der Waals surface area contributed by atoms with Crippen molar-refractivity contribution in [2.75, 3.05) is 0 Å². The first-order chi connectivity index (χ1) is 3.00. The zero-order valence-electron chi connectivity index (χ0n) is 3.01. The average molecular weight is 83.1 g/mol. The summed E-state index contributed by atoms with van der Waals surface area (Å²) in [5.41, 5.74) is 2.49. The normalized spacial score (nSPS) is 16.0. The van der Waals surface area contributed by atoms with Crippen LogP contribution in [-0.2, 0) is 4.74 Å². The molecule has 1 N–H and O–H groups in total. The SMILES string of the molecule is [C]1=NNC=CO1. The lowest BCUT2D eigenvalue weighted by molar-refractivity contribution is 0.471. The molecule has 0 saturated carbocycles. The molecule has 3 nitrogen and oxygen atoms in total. The summed E-state index contributed by atoms with van der Waals surface area (Å²) in [7, 11) is 0. The van der Waals surface area contributed by atoms with Crippen molar-refractivity contribution in [3.05, 3.63) is 12.5 Å². The Labute approximate surface area is 35.3 Å². The highest BCUT2D eigenvalue weighted by molar-refractivity contribution is 5.47. The number of hydrogen-bond donors (Lipinski definition) is 1. The average Bonchev–Trinajstić information content (AvgIpc) is 1.72. The van der Waals surface area contributed by atoms with Crippen molar-refractivity contribution in [3.8, 4) is 0 Å². The summed E-state index contributed by atoms with van der Waals surface area (Å²) in [4.78, 5) is 0. The van der Waals surface area contributed by atoms with E-state index in [1.54, 1.807) is 6.20 Å². The lowest BCUT2D eigenvalue weighted by Gasteiger charge is -1.92. The molecule has 0 aromatic carbocycles. The van der Waals surface area contributed by atoms with Crippen LogP contribution in [0.25, 0.3) is 0 Å². The summed E-state index contributed by atoms with van der Waals surface area (Å²) in [5.74, 6) is 0. The van der Waals surface area contributed by atoms with Crippen LogP contribution in [0.2, 0.25) is 0 Å². The molecule has 0 unspecified atom stereocenters. The van der Waals surface area contributed by atoms with Crippen molar-refractivity contribution < 1.29 is 4.74 Å². The summed E-state index contributed by atoms with van der Waals surface area (Å²) in [6.45, 7) is 0. The Hall–Kier alpha value is -0.990. The second kappa shape index (κ2) is 1.45. The van der Waals surface area contributed by atoms with Crippen molar-refractivity contribution in [3.63, 3.8) is 0 Å². The molecule has 0 saturated heterocycles. The van der Waals surface area contributed by atoms with Crippen LogP contribution in [0.15, 0.2) is 17.6 Å². The lowest BCUT2D eigenvalue weighted by Crippen LogP contribution is -1.98. The molecule has 31 valence electrons. The summed E-state index contributed by atoms with van der Waals surface area (Å²) >= 11 is 0. The minimum atomic E-state index is 1.45. The van der Waals surface area contributed by atoms with Crippen molar-refractivity contribution in [2.24, 2.45) is 5.10 Å². The molecule has 1 aliphatic rings. The highest BCUT2D eigenvalue weighted by Crippen LogP contribution is 1.74. The van der Waals surface area contributed by atoms with E-state index in [0.29, 0.717) is 0 Å². The monoisotopic (exact) mass is 83.0 g/mol. The first-order valence-electron chi connectivity index (χ1n) is 1.51. The fourth-order valence-corrected chi connectivity index (χ4v) is 0.185. The van der Waals surface area contributed by atoms with Gasteiger partial charge in [0.15, 0.2) is 0 Å². The van der Waals surface area contributed by atoms with Crippen molar-refractivity contribution in [1.29, 1.82) is 0 Å². The second-order valence-corrected chi connectivity index (χ2v) is 0.753. The van der Waals surface area contributed by atoms with E-state index in [2.05, 4.69) is 21.7 Å². The highest BCUT2D eigenvalue weighted by atomic mass is 16.5. The van der Waals surface area contributed by atoms with Gasteiger partial charge in [-0.25, -0.2) is 0 Å². The molecule has 0 aliphatic carbocycles. The van der Waals surface area contributed by atoms with Gasteiger partial charge in [-0.15, -0.1) is 5.10 Å². The Morgan fingerprint density at radius 2 is 2.83 bits per heavy atom. The van der Waals surface area contributed by atoms with E-state index in [4.69, 9.17) is 0 Å². The number of hydrazone groups is 1. The van der Waals surface area contributed by atoms with Crippen molar-refractivity contribution >= 4 is 6.40 Å². The van der Waals surface area contributed by atoms with Crippen LogP contribution in [0.4, 0.5) is 0 Å². The third-order valence-corrected chi connectivity index (χ3v) is 0.374. The van der Waals surface area contributed by atoms with Gasteiger partial charge in [0.2, 0.25) is 0 Å². The van der Waals surface area contributed by atoms with Gasteiger partial charge >= 0.3 is 6.40 Å². The maximum absolute atomic E-state index is 4.41. The van der Waals surface area contributed by atoms with Gasteiger partial charge in [0.25, 0.3) is 0 Å². The molecular formula is C3H3N2O. The van der Waals surface area contributed by atoms with Crippen LogP contribution < -0.4 is 5.43 Å². The van der Waals surface area contributed by atoms with Gasteiger partial charge in [0.1, 0.15) is 6.26 Å². The Balaban J connectivity index is 2.40. The molecule has 6 heavy (non-hydrogen) atoms. The summed E-state index contributed by atoms with van der Waals surface area (Å²) in [6, 6.07) is 0. The lowest BCUT2D eigenvalue weighted by atomic mass is 11.0. The van der Waals surface area contributed by atoms with Crippen LogP contribution in [0.3, 0.4) is 0 Å². The van der Waals surface area contributed by atoms with E-state index in [1.165, 1.54) is 6.26 Å². The van der Waals surface area contributed by atoms with E-state index >= 15 is 0 Å². The Bertz CT molecular complexity index is 66.8. The smallest absolute Gasteiger partial charge is 0.302 e. The molecular weight excluding hydrogens is 80.0 g/mol. The first-order valence-corrected chi connectivity index (χ1v) is 1.51. The largest absolute Gasteiger partial charge is 0.440 e. The zero-order valence-corrected chi connectivity index (χ0v) is 3.01. The number of hydrogen-bond acceptors (Lipinski definition) is 3. The Morgan fingerprint density at radius 1 is 1.83 bits per heavy atom. The van der Waals surface area contributed by atoms with Crippen LogP contribution in [0.1, 0.15) is 0 Å². The van der Waals surface area contributed by atoms with Crippen LogP contribution in [0, 0.1) is 0 Å². The topological polar surface area (TPSA) is 33.6 Å². The molecule has 0 spiro atoms. The van der Waals surface area contributed by atoms with Gasteiger partial charge in [0, 0.05) is 0 Å². The number of ether oxygens (including phenoxy) is 1. The molecule has 0 fully saturated rings. The van der Waals surface area contributed by atoms with Gasteiger partial charge in [-0.2, -0.15) is 0 Å². The number of nitrogens with zero attached hydrogens (tertiary/aromatic N) is 1. The molecule has 1 radical (unpaired) electrons. The van der Waals surface area contributed by atoms with Crippen LogP contribution in [-0.4, -0.2) is 6.40 Å². The molecule has 0 aromatic heterocycles. The minimum absolute atomic E-state index is 1.45. The minimum Gasteiger partial charge on any atom is -0.440 e. The maximum Gasteiger partial charge on any atom is 0.302 e. The molecule has 0 bridgehead atoms. The summed E-state index contributed by atoms with van der Waals surface area (Å²) in [5, 5.41) is 3.37. The quantitative estimate of drug-likeness (QED) is 0.443. The summed E-state index contributed by atoms with van der Waals surface area (Å²) in [6.07, 6.45) is 5.23. The number of nitrogens with one attached hydrogen (secondary N) is 1. The van der Waals surface area contributed by atoms with E-state index < -0.39 is 0 Å². The fraction of sp³-hybridized carbons (Fsp3) is 0. The molecule has 0 amide bonds. The molecule has 3 heteroatoms. The van der Waals surface area contributed by atoms with Crippen LogP contribution >= 0.6 is 0 Å². The Morgan fingerprint density at radius 3 is 3.00 bits per heavy atom. The van der Waals surface area contributed by atoms with Gasteiger partial charge in [0.05, 0.1) is 6.20 Å². The van der Waals surface area contributed by atoms with Gasteiger partial charge in [-0.1, -0.05) is 0 Å². The molecule has 1 heterocycles. The predicted octanol–water partition coefficient (Wildman–Crippen LogP) is -0.102. The fourth-order valence-electron chi connectivity index (χ4n) is 0.185.